The van der Waals surface area contributed by atoms with Crippen molar-refractivity contribution in [2.45, 2.75) is 4.90 Å². The van der Waals surface area contributed by atoms with Gasteiger partial charge in [-0.15, -0.1) is 0 Å². The SMILES string of the molecule is CN(c1ccc(C(=O)Nc2ccc(F)c(F)c2)cc1)S(=O)(=O)c1ccc(Cl)cc1. The number of anilines is 2. The molecule has 0 unspecified atom stereocenters. The summed E-state index contributed by atoms with van der Waals surface area (Å²) in [6, 6.07) is 14.6. The summed E-state index contributed by atoms with van der Waals surface area (Å²) in [5, 5.41) is 2.87. The number of carbonyl (C=O) groups is 1. The summed E-state index contributed by atoms with van der Waals surface area (Å²) in [4.78, 5) is 12.3. The lowest BCUT2D eigenvalue weighted by atomic mass is 10.2. The van der Waals surface area contributed by atoms with Crippen molar-refractivity contribution in [3.63, 3.8) is 0 Å². The summed E-state index contributed by atoms with van der Waals surface area (Å²) in [6.45, 7) is 0. The van der Waals surface area contributed by atoms with Gasteiger partial charge in [-0.05, 0) is 60.7 Å². The smallest absolute Gasteiger partial charge is 0.264 e. The second-order valence-corrected chi connectivity index (χ2v) is 8.46. The van der Waals surface area contributed by atoms with Gasteiger partial charge in [0, 0.05) is 29.4 Å². The first kappa shape index (κ1) is 20.8. The molecule has 0 saturated carbocycles. The number of sulfonamides is 1. The first-order chi connectivity index (χ1) is 13.7. The Hall–Kier alpha value is -2.97. The summed E-state index contributed by atoms with van der Waals surface area (Å²) < 4.78 is 52.7. The average Bonchev–Trinajstić information content (AvgIpc) is 2.70. The van der Waals surface area contributed by atoms with Gasteiger partial charge in [0.15, 0.2) is 11.6 Å². The average molecular weight is 437 g/mol. The maximum atomic E-state index is 13.3. The summed E-state index contributed by atoms with van der Waals surface area (Å²) in [5.74, 6) is -2.64. The Balaban J connectivity index is 1.77. The molecule has 3 rings (SSSR count). The third kappa shape index (κ3) is 4.55. The van der Waals surface area contributed by atoms with Crippen LogP contribution in [0.4, 0.5) is 20.2 Å². The number of nitrogens with one attached hydrogen (secondary N) is 1. The van der Waals surface area contributed by atoms with Crippen LogP contribution in [0.3, 0.4) is 0 Å². The van der Waals surface area contributed by atoms with E-state index in [2.05, 4.69) is 5.32 Å². The second-order valence-electron chi connectivity index (χ2n) is 6.06. The highest BCUT2D eigenvalue weighted by Gasteiger charge is 2.21. The largest absolute Gasteiger partial charge is 0.322 e. The Morgan fingerprint density at radius 3 is 2.14 bits per heavy atom. The van der Waals surface area contributed by atoms with E-state index < -0.39 is 27.6 Å². The molecule has 0 atom stereocenters. The number of hydrogen-bond acceptors (Lipinski definition) is 3. The number of carbonyl (C=O) groups excluding carboxylic acids is 1. The van der Waals surface area contributed by atoms with Gasteiger partial charge in [0.25, 0.3) is 15.9 Å². The predicted molar refractivity (Wildman–Crippen MR) is 108 cm³/mol. The summed E-state index contributed by atoms with van der Waals surface area (Å²) in [7, 11) is -2.41. The molecule has 3 aromatic rings. The molecule has 0 fully saturated rings. The molecule has 0 aliphatic carbocycles. The standard InChI is InChI=1S/C20H15ClF2N2O3S/c1-25(29(27,28)17-9-4-14(21)5-10-17)16-7-2-13(3-8-16)20(26)24-15-6-11-18(22)19(23)12-15/h2-12H,1H3,(H,24,26). The Morgan fingerprint density at radius 1 is 0.931 bits per heavy atom. The normalized spacial score (nSPS) is 11.2. The van der Waals surface area contributed by atoms with Crippen molar-refractivity contribution in [1.29, 1.82) is 0 Å². The Labute approximate surface area is 171 Å². The highest BCUT2D eigenvalue weighted by atomic mass is 35.5. The minimum absolute atomic E-state index is 0.0737. The van der Waals surface area contributed by atoms with Gasteiger partial charge in [-0.1, -0.05) is 11.6 Å². The molecule has 1 amide bonds. The zero-order chi connectivity index (χ0) is 21.2. The summed E-state index contributed by atoms with van der Waals surface area (Å²) in [5.41, 5.74) is 0.653. The van der Waals surface area contributed by atoms with E-state index in [-0.39, 0.29) is 16.1 Å². The van der Waals surface area contributed by atoms with Crippen molar-refractivity contribution in [3.05, 3.63) is 89.0 Å². The van der Waals surface area contributed by atoms with Crippen molar-refractivity contribution in [1.82, 2.24) is 0 Å². The van der Waals surface area contributed by atoms with Crippen LogP contribution in [0.5, 0.6) is 0 Å². The van der Waals surface area contributed by atoms with Crippen molar-refractivity contribution < 1.29 is 22.0 Å². The minimum Gasteiger partial charge on any atom is -0.322 e. The van der Waals surface area contributed by atoms with Crippen molar-refractivity contribution in [3.8, 4) is 0 Å². The lowest BCUT2D eigenvalue weighted by molar-refractivity contribution is 0.102. The van der Waals surface area contributed by atoms with E-state index in [9.17, 15) is 22.0 Å². The molecule has 0 spiro atoms. The molecule has 0 bridgehead atoms. The van der Waals surface area contributed by atoms with Gasteiger partial charge in [-0.2, -0.15) is 0 Å². The second kappa shape index (κ2) is 8.18. The van der Waals surface area contributed by atoms with Crippen LogP contribution in [0.25, 0.3) is 0 Å². The number of nitrogens with zero attached hydrogens (tertiary/aromatic N) is 1. The third-order valence-corrected chi connectivity index (χ3v) is 6.19. The fraction of sp³-hybridized carbons (Fsp3) is 0.0500. The molecule has 5 nitrogen and oxygen atoms in total. The van der Waals surface area contributed by atoms with Gasteiger partial charge < -0.3 is 5.32 Å². The molecule has 3 aromatic carbocycles. The first-order valence-corrected chi connectivity index (χ1v) is 10.1. The molecular formula is C20H15ClF2N2O3S. The fourth-order valence-electron chi connectivity index (χ4n) is 2.50. The van der Waals surface area contributed by atoms with Gasteiger partial charge in [-0.25, -0.2) is 17.2 Å². The van der Waals surface area contributed by atoms with Crippen molar-refractivity contribution in [2.75, 3.05) is 16.7 Å². The molecule has 1 N–H and O–H groups in total. The number of rotatable bonds is 5. The lowest BCUT2D eigenvalue weighted by Gasteiger charge is -2.19. The highest BCUT2D eigenvalue weighted by molar-refractivity contribution is 7.92. The van der Waals surface area contributed by atoms with Crippen LogP contribution in [0, 0.1) is 11.6 Å². The van der Waals surface area contributed by atoms with Gasteiger partial charge in [-0.3, -0.25) is 9.10 Å². The van der Waals surface area contributed by atoms with Gasteiger partial charge >= 0.3 is 0 Å². The Bertz CT molecular complexity index is 1150. The predicted octanol–water partition coefficient (Wildman–Crippen LogP) is 4.70. The van der Waals surface area contributed by atoms with Gasteiger partial charge in [0.05, 0.1) is 10.6 Å². The molecular weight excluding hydrogens is 422 g/mol. The van der Waals surface area contributed by atoms with Crippen molar-refractivity contribution in [2.24, 2.45) is 0 Å². The summed E-state index contributed by atoms with van der Waals surface area (Å²) >= 11 is 5.79. The van der Waals surface area contributed by atoms with Crippen LogP contribution in [-0.2, 0) is 10.0 Å². The quantitative estimate of drug-likeness (QED) is 0.630. The zero-order valence-electron chi connectivity index (χ0n) is 15.1. The van der Waals surface area contributed by atoms with Crippen LogP contribution in [0.15, 0.2) is 71.6 Å². The summed E-state index contributed by atoms with van der Waals surface area (Å²) in [6.07, 6.45) is 0. The number of hydrogen-bond donors (Lipinski definition) is 1. The number of halogens is 3. The van der Waals surface area contributed by atoms with E-state index in [0.29, 0.717) is 10.7 Å². The minimum atomic E-state index is -3.80. The van der Waals surface area contributed by atoms with E-state index >= 15 is 0 Å². The van der Waals surface area contributed by atoms with E-state index in [1.165, 1.54) is 61.6 Å². The number of amides is 1. The van der Waals surface area contributed by atoms with Crippen LogP contribution < -0.4 is 9.62 Å². The maximum absolute atomic E-state index is 13.3. The molecule has 0 radical (unpaired) electrons. The Kier molecular flexibility index (Phi) is 5.86. The first-order valence-electron chi connectivity index (χ1n) is 8.29. The van der Waals surface area contributed by atoms with Crippen LogP contribution in [-0.4, -0.2) is 21.4 Å². The van der Waals surface area contributed by atoms with Crippen LogP contribution in [0.1, 0.15) is 10.4 Å². The highest BCUT2D eigenvalue weighted by Crippen LogP contribution is 2.24. The van der Waals surface area contributed by atoms with E-state index in [4.69, 9.17) is 11.6 Å². The lowest BCUT2D eigenvalue weighted by Crippen LogP contribution is -2.26. The molecule has 9 heteroatoms. The van der Waals surface area contributed by atoms with E-state index in [1.54, 1.807) is 0 Å². The third-order valence-electron chi connectivity index (χ3n) is 4.14. The van der Waals surface area contributed by atoms with Gasteiger partial charge in [0.1, 0.15) is 0 Å². The molecule has 0 aliphatic heterocycles. The Morgan fingerprint density at radius 2 is 1.55 bits per heavy atom. The fourth-order valence-corrected chi connectivity index (χ4v) is 3.82. The van der Waals surface area contributed by atoms with Gasteiger partial charge in [0.2, 0.25) is 0 Å². The van der Waals surface area contributed by atoms with E-state index in [0.717, 1.165) is 16.4 Å². The van der Waals surface area contributed by atoms with Crippen LogP contribution >= 0.6 is 11.6 Å². The van der Waals surface area contributed by atoms with E-state index in [1.807, 2.05) is 0 Å². The molecule has 0 saturated heterocycles. The monoisotopic (exact) mass is 436 g/mol. The maximum Gasteiger partial charge on any atom is 0.264 e. The van der Waals surface area contributed by atoms with Crippen molar-refractivity contribution >= 4 is 38.9 Å². The molecule has 0 aliphatic rings. The topological polar surface area (TPSA) is 66.5 Å². The molecule has 0 heterocycles. The molecule has 0 aromatic heterocycles. The zero-order valence-corrected chi connectivity index (χ0v) is 16.6. The molecule has 150 valence electrons. The molecule has 29 heavy (non-hydrogen) atoms. The number of benzene rings is 3. The van der Waals surface area contributed by atoms with Crippen LogP contribution in [0.2, 0.25) is 5.02 Å².